The van der Waals surface area contributed by atoms with E-state index < -0.39 is 11.9 Å². The van der Waals surface area contributed by atoms with Crippen molar-refractivity contribution in [3.63, 3.8) is 0 Å². The molecular weight excluding hydrogens is 285 g/mol. The van der Waals surface area contributed by atoms with Crippen molar-refractivity contribution in [1.82, 2.24) is 0 Å². The van der Waals surface area contributed by atoms with E-state index in [1.165, 1.54) is 6.92 Å². The SMILES string of the molecule is C[CH]COCc1ccc(O/C=C(\OCC)C(F)(F)F)cc1. The van der Waals surface area contributed by atoms with Crippen molar-refractivity contribution in [3.8, 4) is 5.75 Å². The number of alkyl halides is 3. The fourth-order valence-electron chi connectivity index (χ4n) is 1.42. The van der Waals surface area contributed by atoms with Crippen LogP contribution in [-0.2, 0) is 16.1 Å². The lowest BCUT2D eigenvalue weighted by molar-refractivity contribution is -0.132. The van der Waals surface area contributed by atoms with Crippen LogP contribution in [0.1, 0.15) is 19.4 Å². The van der Waals surface area contributed by atoms with Gasteiger partial charge in [-0.25, -0.2) is 0 Å². The molecule has 0 heterocycles. The van der Waals surface area contributed by atoms with Crippen LogP contribution in [0.15, 0.2) is 36.3 Å². The normalized spacial score (nSPS) is 12.3. The highest BCUT2D eigenvalue weighted by molar-refractivity contribution is 5.27. The molecule has 21 heavy (non-hydrogen) atoms. The largest absolute Gasteiger partial charge is 0.487 e. The molecule has 0 saturated carbocycles. The molecule has 1 aromatic carbocycles. The molecule has 0 N–H and O–H groups in total. The molecule has 0 saturated heterocycles. The second-order valence-corrected chi connectivity index (χ2v) is 4.10. The molecule has 0 bridgehead atoms. The minimum atomic E-state index is -4.57. The van der Waals surface area contributed by atoms with E-state index in [9.17, 15) is 13.2 Å². The topological polar surface area (TPSA) is 27.7 Å². The zero-order valence-electron chi connectivity index (χ0n) is 11.9. The van der Waals surface area contributed by atoms with Gasteiger partial charge in [0.15, 0.2) is 0 Å². The Morgan fingerprint density at radius 1 is 1.19 bits per heavy atom. The molecule has 0 spiro atoms. The van der Waals surface area contributed by atoms with E-state index in [0.717, 1.165) is 5.56 Å². The summed E-state index contributed by atoms with van der Waals surface area (Å²) in [6.07, 6.45) is -2.11. The molecule has 0 aromatic heterocycles. The third-order valence-electron chi connectivity index (χ3n) is 2.36. The summed E-state index contributed by atoms with van der Waals surface area (Å²) < 4.78 is 52.4. The minimum Gasteiger partial charge on any atom is -0.487 e. The average molecular weight is 303 g/mol. The summed E-state index contributed by atoms with van der Waals surface area (Å²) in [5.74, 6) is -0.863. The van der Waals surface area contributed by atoms with Gasteiger partial charge >= 0.3 is 6.18 Å². The monoisotopic (exact) mass is 303 g/mol. The molecule has 0 amide bonds. The molecule has 0 aliphatic rings. The van der Waals surface area contributed by atoms with Gasteiger partial charge < -0.3 is 14.2 Å². The lowest BCUT2D eigenvalue weighted by atomic mass is 10.2. The van der Waals surface area contributed by atoms with Gasteiger partial charge in [0.25, 0.3) is 0 Å². The van der Waals surface area contributed by atoms with Crippen molar-refractivity contribution in [3.05, 3.63) is 48.3 Å². The van der Waals surface area contributed by atoms with Gasteiger partial charge in [0.2, 0.25) is 5.76 Å². The van der Waals surface area contributed by atoms with E-state index in [1.807, 2.05) is 13.3 Å². The molecule has 3 nitrogen and oxygen atoms in total. The molecule has 0 fully saturated rings. The zero-order chi connectivity index (χ0) is 15.7. The Labute approximate surface area is 122 Å². The van der Waals surface area contributed by atoms with E-state index in [0.29, 0.717) is 25.2 Å². The van der Waals surface area contributed by atoms with Gasteiger partial charge in [0, 0.05) is 6.61 Å². The third-order valence-corrected chi connectivity index (χ3v) is 2.36. The highest BCUT2D eigenvalue weighted by Crippen LogP contribution is 2.27. The van der Waals surface area contributed by atoms with Crippen molar-refractivity contribution in [2.24, 2.45) is 0 Å². The first-order valence-corrected chi connectivity index (χ1v) is 6.48. The maximum Gasteiger partial charge on any atom is 0.452 e. The number of benzene rings is 1. The van der Waals surface area contributed by atoms with Crippen LogP contribution >= 0.6 is 0 Å². The van der Waals surface area contributed by atoms with Gasteiger partial charge in [-0.05, 0) is 31.0 Å². The Morgan fingerprint density at radius 2 is 1.86 bits per heavy atom. The molecule has 1 rings (SSSR count). The Morgan fingerprint density at radius 3 is 2.38 bits per heavy atom. The number of allylic oxidation sites excluding steroid dienone is 1. The van der Waals surface area contributed by atoms with E-state index in [1.54, 1.807) is 24.3 Å². The van der Waals surface area contributed by atoms with Crippen molar-refractivity contribution in [2.45, 2.75) is 26.6 Å². The summed E-state index contributed by atoms with van der Waals surface area (Å²) in [5.41, 5.74) is 0.911. The van der Waals surface area contributed by atoms with Gasteiger partial charge in [-0.15, -0.1) is 0 Å². The third kappa shape index (κ3) is 6.53. The summed E-state index contributed by atoms with van der Waals surface area (Å²) >= 11 is 0. The first kappa shape index (κ1) is 17.4. The molecule has 0 unspecified atom stereocenters. The van der Waals surface area contributed by atoms with Gasteiger partial charge in [-0.2, -0.15) is 13.2 Å². The standard InChI is InChI=1S/C15H18F3O3/c1-3-9-19-10-12-5-7-13(8-6-12)21-11-14(20-4-2)15(16,17)18/h3,5-8,11H,4,9-10H2,1-2H3/b14-11-. The molecule has 0 atom stereocenters. The van der Waals surface area contributed by atoms with Crippen LogP contribution < -0.4 is 4.74 Å². The average Bonchev–Trinajstić information content (AvgIpc) is 2.44. The summed E-state index contributed by atoms with van der Waals surface area (Å²) in [7, 11) is 0. The summed E-state index contributed by atoms with van der Waals surface area (Å²) in [6.45, 7) is 4.26. The van der Waals surface area contributed by atoms with E-state index in [-0.39, 0.29) is 6.61 Å². The quantitative estimate of drug-likeness (QED) is 0.531. The highest BCUT2D eigenvalue weighted by Gasteiger charge is 2.36. The number of hydrogen-bond acceptors (Lipinski definition) is 3. The number of ether oxygens (including phenoxy) is 3. The Balaban J connectivity index is 2.61. The fourth-order valence-corrected chi connectivity index (χ4v) is 1.42. The zero-order valence-corrected chi connectivity index (χ0v) is 11.9. The minimum absolute atomic E-state index is 0.0839. The van der Waals surface area contributed by atoms with Crippen LogP contribution in [0.3, 0.4) is 0 Å². The molecule has 0 aliphatic carbocycles. The highest BCUT2D eigenvalue weighted by atomic mass is 19.4. The van der Waals surface area contributed by atoms with E-state index in [4.69, 9.17) is 9.47 Å². The van der Waals surface area contributed by atoms with E-state index >= 15 is 0 Å². The van der Waals surface area contributed by atoms with Crippen LogP contribution in [0.2, 0.25) is 0 Å². The van der Waals surface area contributed by atoms with Crippen molar-refractivity contribution in [1.29, 1.82) is 0 Å². The van der Waals surface area contributed by atoms with Gasteiger partial charge in [-0.1, -0.05) is 19.1 Å². The maximum atomic E-state index is 12.6. The lowest BCUT2D eigenvalue weighted by Crippen LogP contribution is -2.15. The van der Waals surface area contributed by atoms with Crippen molar-refractivity contribution in [2.75, 3.05) is 13.2 Å². The second kappa shape index (κ2) is 8.56. The first-order chi connectivity index (χ1) is 9.97. The number of rotatable bonds is 8. The van der Waals surface area contributed by atoms with Crippen LogP contribution in [-0.4, -0.2) is 19.4 Å². The molecule has 6 heteroatoms. The lowest BCUT2D eigenvalue weighted by Gasteiger charge is -2.12. The van der Waals surface area contributed by atoms with Crippen LogP contribution in [0.5, 0.6) is 5.75 Å². The predicted molar refractivity (Wildman–Crippen MR) is 72.5 cm³/mol. The molecular formula is C15H18F3O3. The molecule has 117 valence electrons. The predicted octanol–water partition coefficient (Wildman–Crippen LogP) is 4.25. The fraction of sp³-hybridized carbons (Fsp3) is 0.400. The first-order valence-electron chi connectivity index (χ1n) is 6.48. The van der Waals surface area contributed by atoms with Gasteiger partial charge in [0.05, 0.1) is 13.2 Å². The maximum absolute atomic E-state index is 12.6. The van der Waals surface area contributed by atoms with Gasteiger partial charge in [-0.3, -0.25) is 0 Å². The van der Waals surface area contributed by atoms with E-state index in [2.05, 4.69) is 4.74 Å². The Kier molecular flexibility index (Phi) is 7.08. The smallest absolute Gasteiger partial charge is 0.452 e. The Bertz CT molecular complexity index is 438. The van der Waals surface area contributed by atoms with Gasteiger partial charge in [0.1, 0.15) is 12.0 Å². The van der Waals surface area contributed by atoms with Crippen LogP contribution in [0.4, 0.5) is 13.2 Å². The van der Waals surface area contributed by atoms with Crippen LogP contribution in [0.25, 0.3) is 0 Å². The van der Waals surface area contributed by atoms with Crippen molar-refractivity contribution < 1.29 is 27.4 Å². The molecule has 1 aromatic rings. The Hall–Kier alpha value is -1.69. The summed E-state index contributed by atoms with van der Waals surface area (Å²) in [4.78, 5) is 0. The molecule has 1 radical (unpaired) electrons. The second-order valence-electron chi connectivity index (χ2n) is 4.10. The van der Waals surface area contributed by atoms with Crippen LogP contribution in [0, 0.1) is 6.42 Å². The summed E-state index contributed by atoms with van der Waals surface area (Å²) in [5, 5.41) is 0. The van der Waals surface area contributed by atoms with Crippen molar-refractivity contribution >= 4 is 0 Å². The molecule has 0 aliphatic heterocycles. The summed E-state index contributed by atoms with van der Waals surface area (Å²) in [6, 6.07) is 6.61. The number of halogens is 3. The number of hydrogen-bond donors (Lipinski definition) is 0.